The highest BCUT2D eigenvalue weighted by atomic mass is 32.1. The lowest BCUT2D eigenvalue weighted by Crippen LogP contribution is -2.13. The number of amides is 1. The van der Waals surface area contributed by atoms with Crippen molar-refractivity contribution in [3.63, 3.8) is 0 Å². The zero-order chi connectivity index (χ0) is 14.1. The summed E-state index contributed by atoms with van der Waals surface area (Å²) in [5.74, 6) is 0.788. The van der Waals surface area contributed by atoms with Gasteiger partial charge in [0.15, 0.2) is 0 Å². The van der Waals surface area contributed by atoms with Crippen LogP contribution in [0.5, 0.6) is 0 Å². The summed E-state index contributed by atoms with van der Waals surface area (Å²) in [4.78, 5) is 16.3. The summed E-state index contributed by atoms with van der Waals surface area (Å²) in [5.41, 5.74) is 0.747. The lowest BCUT2D eigenvalue weighted by molar-refractivity contribution is 0.101. The maximum absolute atomic E-state index is 12.1. The summed E-state index contributed by atoms with van der Waals surface area (Å²) < 4.78 is 1.20. The Kier molecular flexibility index (Phi) is 3.23. The number of fused-ring (bicyclic) bond motifs is 1. The van der Waals surface area contributed by atoms with Crippen molar-refractivity contribution in [1.29, 1.82) is 0 Å². The Balaban J connectivity index is 1.80. The Hall–Kier alpha value is -2.21. The molecule has 1 amide bonds. The van der Waals surface area contributed by atoms with Crippen LogP contribution < -0.4 is 5.32 Å². The van der Waals surface area contributed by atoms with Crippen molar-refractivity contribution in [2.24, 2.45) is 0 Å². The van der Waals surface area contributed by atoms with E-state index >= 15 is 0 Å². The van der Waals surface area contributed by atoms with Gasteiger partial charge in [0.1, 0.15) is 5.82 Å². The highest BCUT2D eigenvalue weighted by Crippen LogP contribution is 2.24. The van der Waals surface area contributed by atoms with Gasteiger partial charge in [-0.15, -0.1) is 16.4 Å². The quantitative estimate of drug-likeness (QED) is 0.775. The number of rotatable bonds is 3. The molecule has 0 atom stereocenters. The first-order chi connectivity index (χ1) is 9.63. The van der Waals surface area contributed by atoms with Gasteiger partial charge in [0.25, 0.3) is 5.91 Å². The number of hydrogen-bond acceptors (Lipinski definition) is 4. The minimum absolute atomic E-state index is 0.166. The van der Waals surface area contributed by atoms with Gasteiger partial charge in [-0.05, 0) is 35.0 Å². The first-order valence-corrected chi connectivity index (χ1v) is 7.22. The molecule has 0 saturated carbocycles. The van der Waals surface area contributed by atoms with E-state index in [1.54, 1.807) is 11.3 Å². The van der Waals surface area contributed by atoms with Crippen LogP contribution in [0.25, 0.3) is 10.1 Å². The Bertz CT molecular complexity index is 759. The molecule has 0 fully saturated rings. The van der Waals surface area contributed by atoms with Crippen molar-refractivity contribution in [2.75, 3.05) is 5.32 Å². The molecule has 102 valence electrons. The van der Waals surface area contributed by atoms with Crippen LogP contribution in [0.2, 0.25) is 0 Å². The van der Waals surface area contributed by atoms with E-state index in [2.05, 4.69) is 20.5 Å². The monoisotopic (exact) mass is 286 g/mol. The van der Waals surface area contributed by atoms with Crippen LogP contribution in [-0.4, -0.2) is 21.1 Å². The Morgan fingerprint density at radius 1 is 1.35 bits per heavy atom. The highest BCUT2D eigenvalue weighted by Gasteiger charge is 2.14. The third-order valence-corrected chi connectivity index (χ3v) is 3.86. The van der Waals surface area contributed by atoms with Crippen molar-refractivity contribution in [1.82, 2.24) is 15.2 Å². The molecule has 2 aromatic heterocycles. The van der Waals surface area contributed by atoms with E-state index in [1.165, 1.54) is 4.70 Å². The molecule has 0 radical (unpaired) electrons. The van der Waals surface area contributed by atoms with Gasteiger partial charge >= 0.3 is 0 Å². The molecule has 0 aliphatic rings. The fourth-order valence-corrected chi connectivity index (χ4v) is 2.64. The third-order valence-electron chi connectivity index (χ3n) is 2.96. The van der Waals surface area contributed by atoms with E-state index in [0.29, 0.717) is 5.82 Å². The number of anilines is 1. The first-order valence-electron chi connectivity index (χ1n) is 6.34. The fourth-order valence-electron chi connectivity index (χ4n) is 1.87. The van der Waals surface area contributed by atoms with Crippen molar-refractivity contribution < 1.29 is 4.79 Å². The second kappa shape index (κ2) is 5.05. The Morgan fingerprint density at radius 2 is 2.20 bits per heavy atom. The van der Waals surface area contributed by atoms with Crippen LogP contribution in [0.3, 0.4) is 0 Å². The van der Waals surface area contributed by atoms with Crippen molar-refractivity contribution >= 4 is 33.0 Å². The second-order valence-electron chi connectivity index (χ2n) is 4.83. The average Bonchev–Trinajstić information content (AvgIpc) is 3.07. The molecule has 20 heavy (non-hydrogen) atoms. The van der Waals surface area contributed by atoms with Crippen LogP contribution in [0.1, 0.15) is 36.2 Å². The Morgan fingerprint density at radius 3 is 2.95 bits per heavy atom. The molecule has 0 aliphatic carbocycles. The molecule has 2 heterocycles. The molecule has 0 spiro atoms. The minimum Gasteiger partial charge on any atom is -0.319 e. The average molecular weight is 286 g/mol. The van der Waals surface area contributed by atoms with E-state index in [-0.39, 0.29) is 17.6 Å². The topological polar surface area (TPSA) is 70.7 Å². The number of thiophene rings is 1. The Labute approximate surface area is 120 Å². The van der Waals surface area contributed by atoms with E-state index in [0.717, 1.165) is 11.1 Å². The van der Waals surface area contributed by atoms with E-state index < -0.39 is 0 Å². The predicted octanol–water partition coefficient (Wildman–Crippen LogP) is 3.40. The largest absolute Gasteiger partial charge is 0.319 e. The number of carbonyl (C=O) groups excluding carboxylic acids is 1. The summed E-state index contributed by atoms with van der Waals surface area (Å²) in [7, 11) is 0. The highest BCUT2D eigenvalue weighted by molar-refractivity contribution is 7.17. The maximum atomic E-state index is 12.1. The molecule has 5 nitrogen and oxygen atoms in total. The van der Waals surface area contributed by atoms with Crippen LogP contribution >= 0.6 is 11.3 Å². The van der Waals surface area contributed by atoms with Gasteiger partial charge in [-0.2, -0.15) is 0 Å². The third kappa shape index (κ3) is 2.42. The van der Waals surface area contributed by atoms with Crippen LogP contribution in [0.4, 0.5) is 5.69 Å². The van der Waals surface area contributed by atoms with Gasteiger partial charge < -0.3 is 5.32 Å². The zero-order valence-electron chi connectivity index (χ0n) is 11.2. The van der Waals surface area contributed by atoms with Crippen molar-refractivity contribution in [2.45, 2.75) is 19.8 Å². The molecular weight excluding hydrogens is 272 g/mol. The molecule has 2 N–H and O–H groups in total. The number of hydrogen-bond donors (Lipinski definition) is 2. The summed E-state index contributed by atoms with van der Waals surface area (Å²) >= 11 is 1.68. The summed E-state index contributed by atoms with van der Waals surface area (Å²) in [6.45, 7) is 3.99. The zero-order valence-corrected chi connectivity index (χ0v) is 12.0. The number of nitrogens with zero attached hydrogens (tertiary/aromatic N) is 2. The standard InChI is InChI=1S/C14H14N4OS/c1-8(2)12-16-13(18-17-12)14(19)15-10-3-4-11-9(7-10)5-6-20-11/h3-8H,1-2H3,(H,15,19)(H,16,17,18). The van der Waals surface area contributed by atoms with Gasteiger partial charge in [-0.1, -0.05) is 13.8 Å². The number of aromatic amines is 1. The minimum atomic E-state index is -0.303. The molecular formula is C14H14N4OS. The molecule has 0 saturated heterocycles. The molecule has 3 aromatic rings. The van der Waals surface area contributed by atoms with Gasteiger partial charge in [0, 0.05) is 16.3 Å². The van der Waals surface area contributed by atoms with Crippen molar-refractivity contribution in [3.8, 4) is 0 Å². The van der Waals surface area contributed by atoms with Crippen LogP contribution in [0, 0.1) is 0 Å². The number of H-pyrrole nitrogens is 1. The molecule has 6 heteroatoms. The molecule has 0 unspecified atom stereocenters. The van der Waals surface area contributed by atoms with Gasteiger partial charge in [-0.3, -0.25) is 9.89 Å². The first kappa shape index (κ1) is 12.8. The van der Waals surface area contributed by atoms with Crippen molar-refractivity contribution in [3.05, 3.63) is 41.3 Å². The molecule has 0 bridgehead atoms. The number of benzene rings is 1. The summed E-state index contributed by atoms with van der Waals surface area (Å²) in [6.07, 6.45) is 0. The smallest absolute Gasteiger partial charge is 0.295 e. The molecule has 1 aromatic carbocycles. The van der Waals surface area contributed by atoms with E-state index in [9.17, 15) is 4.79 Å². The lowest BCUT2D eigenvalue weighted by Gasteiger charge is -2.02. The number of nitrogens with one attached hydrogen (secondary N) is 2. The van der Waals surface area contributed by atoms with Gasteiger partial charge in [-0.25, -0.2) is 4.98 Å². The van der Waals surface area contributed by atoms with Crippen LogP contribution in [0.15, 0.2) is 29.6 Å². The SMILES string of the molecule is CC(C)c1nc(C(=O)Nc2ccc3sccc3c2)n[nH]1. The lowest BCUT2D eigenvalue weighted by atomic mass is 10.2. The normalized spacial score (nSPS) is 11.2. The van der Waals surface area contributed by atoms with E-state index in [1.807, 2.05) is 43.5 Å². The van der Waals surface area contributed by atoms with Crippen LogP contribution in [-0.2, 0) is 0 Å². The summed E-state index contributed by atoms with van der Waals surface area (Å²) in [6, 6.07) is 7.85. The van der Waals surface area contributed by atoms with Gasteiger partial charge in [0.2, 0.25) is 5.82 Å². The van der Waals surface area contributed by atoms with Gasteiger partial charge in [0.05, 0.1) is 0 Å². The number of aromatic nitrogens is 3. The fraction of sp³-hybridized carbons (Fsp3) is 0.214. The van der Waals surface area contributed by atoms with E-state index in [4.69, 9.17) is 0 Å². The second-order valence-corrected chi connectivity index (χ2v) is 5.77. The summed E-state index contributed by atoms with van der Waals surface area (Å²) in [5, 5.41) is 12.7. The predicted molar refractivity (Wildman–Crippen MR) is 80.2 cm³/mol. The molecule has 0 aliphatic heterocycles. The molecule has 3 rings (SSSR count). The number of carbonyl (C=O) groups is 1. The maximum Gasteiger partial charge on any atom is 0.295 e.